The molecule has 2 aromatic carbocycles. The Morgan fingerprint density at radius 1 is 1.00 bits per heavy atom. The lowest BCUT2D eigenvalue weighted by Crippen LogP contribution is -2.14. The molecule has 2 aromatic heterocycles. The molecule has 1 N–H and O–H groups in total. The monoisotopic (exact) mass is 463 g/mol. The van der Waals surface area contributed by atoms with Gasteiger partial charge < -0.3 is 10.1 Å². The Bertz CT molecular complexity index is 1230. The molecule has 0 unspecified atom stereocenters. The Hall–Kier alpha value is -3.36. The van der Waals surface area contributed by atoms with Gasteiger partial charge in [-0.05, 0) is 31.2 Å². The molecule has 2 heterocycles. The fraction of sp³-hybridized carbons (Fsp3) is 0.167. The van der Waals surface area contributed by atoms with E-state index in [1.165, 1.54) is 29.6 Å². The number of anilines is 1. The summed E-state index contributed by atoms with van der Waals surface area (Å²) in [5, 5.41) is 5.94. The fourth-order valence-electron chi connectivity index (χ4n) is 3.11. The smallest absolute Gasteiger partial charge is 0.232 e. The summed E-state index contributed by atoms with van der Waals surface area (Å²) in [5.41, 5.74) is 3.09. The number of nitrogens with one attached hydrogen (secondary N) is 1. The third-order valence-corrected chi connectivity index (χ3v) is 6.56. The first-order chi connectivity index (χ1) is 15.5. The standard InChI is InChI=1S/C24H21N3O3S2/c1-3-30-19-11-9-17(10-12-19)23-25-18(14-31-23)13-20(29)26-24-27-21(22(32-24)15(2)28)16-7-5-4-6-8-16/h4-12,14H,3,13H2,1-2H3,(H,26,27,29). The van der Waals surface area contributed by atoms with Crippen molar-refractivity contribution in [2.24, 2.45) is 0 Å². The molecule has 0 fully saturated rings. The normalized spacial score (nSPS) is 10.7. The molecular formula is C24H21N3O3S2. The zero-order valence-electron chi connectivity index (χ0n) is 17.6. The van der Waals surface area contributed by atoms with Crippen molar-refractivity contribution in [3.63, 3.8) is 0 Å². The van der Waals surface area contributed by atoms with Crippen LogP contribution in [0.25, 0.3) is 21.8 Å². The number of Topliss-reactive ketones (excluding diaryl/α,β-unsaturated/α-hetero) is 1. The molecule has 1 amide bonds. The van der Waals surface area contributed by atoms with Crippen LogP contribution < -0.4 is 10.1 Å². The van der Waals surface area contributed by atoms with Crippen LogP contribution in [0.5, 0.6) is 5.75 Å². The topological polar surface area (TPSA) is 81.2 Å². The second-order valence-electron chi connectivity index (χ2n) is 6.95. The third-order valence-electron chi connectivity index (χ3n) is 4.55. The highest BCUT2D eigenvalue weighted by molar-refractivity contribution is 7.18. The zero-order valence-corrected chi connectivity index (χ0v) is 19.3. The van der Waals surface area contributed by atoms with Gasteiger partial charge >= 0.3 is 0 Å². The molecule has 0 bridgehead atoms. The lowest BCUT2D eigenvalue weighted by atomic mass is 10.1. The molecule has 8 heteroatoms. The quantitative estimate of drug-likeness (QED) is 0.338. The van der Waals surface area contributed by atoms with E-state index in [0.29, 0.717) is 28.0 Å². The molecule has 0 radical (unpaired) electrons. The molecule has 162 valence electrons. The van der Waals surface area contributed by atoms with Gasteiger partial charge in [-0.25, -0.2) is 9.97 Å². The summed E-state index contributed by atoms with van der Waals surface area (Å²) in [6.07, 6.45) is 0.128. The minimum atomic E-state index is -0.225. The van der Waals surface area contributed by atoms with E-state index < -0.39 is 0 Å². The highest BCUT2D eigenvalue weighted by Crippen LogP contribution is 2.32. The first-order valence-electron chi connectivity index (χ1n) is 10.1. The maximum atomic E-state index is 12.6. The van der Waals surface area contributed by atoms with Crippen molar-refractivity contribution in [2.75, 3.05) is 11.9 Å². The second-order valence-corrected chi connectivity index (χ2v) is 8.80. The van der Waals surface area contributed by atoms with Crippen LogP contribution in [0.4, 0.5) is 5.13 Å². The van der Waals surface area contributed by atoms with Gasteiger partial charge in [0.05, 0.1) is 29.3 Å². The summed E-state index contributed by atoms with van der Waals surface area (Å²) in [6, 6.07) is 17.2. The van der Waals surface area contributed by atoms with E-state index >= 15 is 0 Å². The fourth-order valence-corrected chi connectivity index (χ4v) is 4.84. The van der Waals surface area contributed by atoms with E-state index in [9.17, 15) is 9.59 Å². The van der Waals surface area contributed by atoms with E-state index in [2.05, 4.69) is 15.3 Å². The Morgan fingerprint density at radius 3 is 2.44 bits per heavy atom. The second kappa shape index (κ2) is 9.84. The number of hydrogen-bond donors (Lipinski definition) is 1. The molecule has 4 aromatic rings. The van der Waals surface area contributed by atoms with Crippen LogP contribution in [0.2, 0.25) is 0 Å². The number of carbonyl (C=O) groups excluding carboxylic acids is 2. The van der Waals surface area contributed by atoms with E-state index in [1.807, 2.05) is 66.9 Å². The van der Waals surface area contributed by atoms with Crippen LogP contribution >= 0.6 is 22.7 Å². The van der Waals surface area contributed by atoms with Crippen LogP contribution in [-0.2, 0) is 11.2 Å². The lowest BCUT2D eigenvalue weighted by Gasteiger charge is -2.03. The minimum Gasteiger partial charge on any atom is -0.494 e. The minimum absolute atomic E-state index is 0.0821. The van der Waals surface area contributed by atoms with Gasteiger partial charge in [0.15, 0.2) is 10.9 Å². The number of hydrogen-bond acceptors (Lipinski definition) is 7. The summed E-state index contributed by atoms with van der Waals surface area (Å²) < 4.78 is 5.47. The van der Waals surface area contributed by atoms with Crippen LogP contribution in [-0.4, -0.2) is 28.3 Å². The number of aromatic nitrogens is 2. The number of ketones is 1. The molecule has 0 atom stereocenters. The van der Waals surface area contributed by atoms with Crippen molar-refractivity contribution in [1.29, 1.82) is 0 Å². The molecule has 0 aliphatic rings. The maximum absolute atomic E-state index is 12.6. The van der Waals surface area contributed by atoms with E-state index in [4.69, 9.17) is 4.74 Å². The summed E-state index contributed by atoms with van der Waals surface area (Å²) >= 11 is 2.67. The van der Waals surface area contributed by atoms with Crippen molar-refractivity contribution in [3.8, 4) is 27.6 Å². The number of ether oxygens (including phenoxy) is 1. The number of amides is 1. The summed E-state index contributed by atoms with van der Waals surface area (Å²) in [7, 11) is 0. The van der Waals surface area contributed by atoms with Gasteiger partial charge in [0.2, 0.25) is 5.91 Å². The SMILES string of the molecule is CCOc1ccc(-c2nc(CC(=O)Nc3nc(-c4ccccc4)c(C(C)=O)s3)cs2)cc1. The Morgan fingerprint density at radius 2 is 1.75 bits per heavy atom. The van der Waals surface area contributed by atoms with E-state index in [0.717, 1.165) is 21.9 Å². The molecule has 32 heavy (non-hydrogen) atoms. The third kappa shape index (κ3) is 5.09. The zero-order chi connectivity index (χ0) is 22.5. The number of rotatable bonds is 8. The van der Waals surface area contributed by atoms with Crippen LogP contribution in [0, 0.1) is 0 Å². The largest absolute Gasteiger partial charge is 0.494 e. The van der Waals surface area contributed by atoms with Gasteiger partial charge in [-0.1, -0.05) is 41.7 Å². The average molecular weight is 464 g/mol. The lowest BCUT2D eigenvalue weighted by molar-refractivity contribution is -0.115. The van der Waals surface area contributed by atoms with Gasteiger partial charge in [-0.3, -0.25) is 9.59 Å². The molecule has 0 spiro atoms. The van der Waals surface area contributed by atoms with Crippen molar-refractivity contribution in [2.45, 2.75) is 20.3 Å². The molecule has 6 nitrogen and oxygen atoms in total. The van der Waals surface area contributed by atoms with E-state index in [1.54, 1.807) is 0 Å². The molecule has 0 aliphatic carbocycles. The Labute approximate surface area is 193 Å². The van der Waals surface area contributed by atoms with Gasteiger partial charge in [-0.2, -0.15) is 0 Å². The molecule has 0 saturated carbocycles. The molecular weight excluding hydrogens is 442 g/mol. The first-order valence-corrected chi connectivity index (χ1v) is 11.8. The van der Waals surface area contributed by atoms with Crippen molar-refractivity contribution >= 4 is 39.5 Å². The van der Waals surface area contributed by atoms with Gasteiger partial charge in [0.1, 0.15) is 10.8 Å². The maximum Gasteiger partial charge on any atom is 0.232 e. The van der Waals surface area contributed by atoms with Gasteiger partial charge in [0, 0.05) is 23.4 Å². The summed E-state index contributed by atoms with van der Waals surface area (Å²) in [5.74, 6) is 0.508. The van der Waals surface area contributed by atoms with Crippen LogP contribution in [0.1, 0.15) is 29.2 Å². The Balaban J connectivity index is 1.45. The number of thiazole rings is 2. The Kier molecular flexibility index (Phi) is 6.72. The summed E-state index contributed by atoms with van der Waals surface area (Å²) in [4.78, 5) is 34.3. The number of benzene rings is 2. The van der Waals surface area contributed by atoms with Crippen molar-refractivity contribution in [3.05, 3.63) is 70.5 Å². The predicted molar refractivity (Wildman–Crippen MR) is 129 cm³/mol. The predicted octanol–water partition coefficient (Wildman–Crippen LogP) is 5.72. The van der Waals surface area contributed by atoms with Crippen LogP contribution in [0.3, 0.4) is 0 Å². The molecule has 0 aliphatic heterocycles. The highest BCUT2D eigenvalue weighted by atomic mass is 32.1. The van der Waals surface area contributed by atoms with Crippen molar-refractivity contribution in [1.82, 2.24) is 9.97 Å². The number of nitrogens with zero attached hydrogens (tertiary/aromatic N) is 2. The average Bonchev–Trinajstić information content (AvgIpc) is 3.42. The van der Waals surface area contributed by atoms with E-state index in [-0.39, 0.29) is 18.1 Å². The first kappa shape index (κ1) is 21.9. The molecule has 0 saturated heterocycles. The van der Waals surface area contributed by atoms with Crippen LogP contribution in [0.15, 0.2) is 60.0 Å². The summed E-state index contributed by atoms with van der Waals surface area (Å²) in [6.45, 7) is 4.07. The van der Waals surface area contributed by atoms with Gasteiger partial charge in [-0.15, -0.1) is 11.3 Å². The highest BCUT2D eigenvalue weighted by Gasteiger charge is 2.18. The molecule has 4 rings (SSSR count). The van der Waals surface area contributed by atoms with Gasteiger partial charge in [0.25, 0.3) is 0 Å². The number of carbonyl (C=O) groups is 2. The van der Waals surface area contributed by atoms with Crippen molar-refractivity contribution < 1.29 is 14.3 Å².